The molecule has 1 unspecified atom stereocenters. The highest BCUT2D eigenvalue weighted by Crippen LogP contribution is 2.73. The average Bonchev–Trinajstić information content (AvgIpc) is 3.12. The molecule has 194 valence electrons. The molecule has 1 aromatic carbocycles. The van der Waals surface area contributed by atoms with Crippen molar-refractivity contribution in [1.29, 1.82) is 0 Å². The number of carbonyl (C=O) groups excluding carboxylic acids is 1. The van der Waals surface area contributed by atoms with Gasteiger partial charge in [0.1, 0.15) is 11.4 Å². The van der Waals surface area contributed by atoms with Crippen molar-refractivity contribution in [3.05, 3.63) is 41.5 Å². The second-order valence-electron chi connectivity index (χ2n) is 14.2. The first-order valence-electron chi connectivity index (χ1n) is 14.0. The van der Waals surface area contributed by atoms with Gasteiger partial charge in [-0.15, -0.1) is 0 Å². The van der Waals surface area contributed by atoms with Crippen molar-refractivity contribution >= 4 is 5.78 Å². The molecule has 2 spiro atoms. The number of benzene rings is 1. The predicted molar refractivity (Wildman–Crippen MR) is 135 cm³/mol. The van der Waals surface area contributed by atoms with Crippen LogP contribution in [0, 0.1) is 34.0 Å². The molecule has 3 saturated carbocycles. The van der Waals surface area contributed by atoms with Gasteiger partial charge >= 0.3 is 0 Å². The van der Waals surface area contributed by atoms with Crippen LogP contribution in [0.4, 0.5) is 0 Å². The van der Waals surface area contributed by atoms with Crippen LogP contribution in [0.25, 0.3) is 0 Å². The van der Waals surface area contributed by atoms with Gasteiger partial charge in [-0.2, -0.15) is 0 Å². The number of methoxy groups -OCH3 is 1. The molecule has 5 nitrogen and oxygen atoms in total. The number of hydrogen-bond acceptors (Lipinski definition) is 5. The molecule has 8 atom stereocenters. The van der Waals surface area contributed by atoms with Gasteiger partial charge in [0.2, 0.25) is 0 Å². The van der Waals surface area contributed by atoms with Crippen LogP contribution in [0.3, 0.4) is 0 Å². The fourth-order valence-electron chi connectivity index (χ4n) is 10.3. The predicted octanol–water partition coefficient (Wildman–Crippen LogP) is 5.54. The van der Waals surface area contributed by atoms with E-state index in [9.17, 15) is 9.90 Å². The van der Waals surface area contributed by atoms with Crippen LogP contribution < -0.4 is 4.74 Å². The molecule has 7 rings (SSSR count). The van der Waals surface area contributed by atoms with Gasteiger partial charge in [-0.25, -0.2) is 9.78 Å². The number of rotatable bonds is 1. The number of ether oxygens (including phenoxy) is 1. The van der Waals surface area contributed by atoms with Gasteiger partial charge in [-0.3, -0.25) is 4.79 Å². The van der Waals surface area contributed by atoms with Gasteiger partial charge < -0.3 is 9.84 Å². The Morgan fingerprint density at radius 3 is 2.72 bits per heavy atom. The molecule has 0 aromatic heterocycles. The molecule has 1 aromatic rings. The van der Waals surface area contributed by atoms with Crippen LogP contribution in [-0.2, 0) is 21.0 Å². The second kappa shape index (κ2) is 7.24. The molecule has 0 bridgehead atoms. The van der Waals surface area contributed by atoms with E-state index >= 15 is 0 Å². The molecule has 1 N–H and O–H groups in total. The number of hydrogen-bond donors (Lipinski definition) is 1. The first-order chi connectivity index (χ1) is 17.0. The molecular weight excluding hydrogens is 452 g/mol. The summed E-state index contributed by atoms with van der Waals surface area (Å²) in [4.78, 5) is 25.0. The highest BCUT2D eigenvalue weighted by Gasteiger charge is 2.71. The third-order valence-corrected chi connectivity index (χ3v) is 11.6. The van der Waals surface area contributed by atoms with Crippen LogP contribution in [-0.4, -0.2) is 35.8 Å². The third kappa shape index (κ3) is 2.91. The van der Waals surface area contributed by atoms with E-state index in [1.54, 1.807) is 7.11 Å². The topological polar surface area (TPSA) is 65.0 Å². The molecule has 6 aliphatic rings. The summed E-state index contributed by atoms with van der Waals surface area (Å²) >= 11 is 0. The zero-order valence-electron chi connectivity index (χ0n) is 22.1. The molecule has 5 aliphatic carbocycles. The lowest BCUT2D eigenvalue weighted by molar-refractivity contribution is -0.425. The first-order valence-corrected chi connectivity index (χ1v) is 14.0. The van der Waals surface area contributed by atoms with E-state index in [1.165, 1.54) is 11.1 Å². The number of allylic oxidation sites excluding steroid dienone is 2. The molecule has 1 saturated heterocycles. The Bertz CT molecular complexity index is 1160. The van der Waals surface area contributed by atoms with Gasteiger partial charge in [-0.05, 0) is 103 Å². The van der Waals surface area contributed by atoms with Crippen molar-refractivity contribution in [3.63, 3.8) is 0 Å². The Kier molecular flexibility index (Phi) is 4.71. The smallest absolute Gasteiger partial charge is 0.161 e. The fourth-order valence-corrected chi connectivity index (χ4v) is 10.3. The highest BCUT2D eigenvalue weighted by molar-refractivity contribution is 5.97. The fraction of sp³-hybridized carbons (Fsp3) is 0.710. The summed E-state index contributed by atoms with van der Waals surface area (Å²) in [6, 6.07) is 6.52. The summed E-state index contributed by atoms with van der Waals surface area (Å²) in [5.41, 5.74) is 0.903. The van der Waals surface area contributed by atoms with Crippen molar-refractivity contribution < 1.29 is 24.4 Å². The maximum Gasteiger partial charge on any atom is 0.161 e. The van der Waals surface area contributed by atoms with E-state index in [2.05, 4.69) is 45.0 Å². The molecule has 5 heteroatoms. The van der Waals surface area contributed by atoms with E-state index in [4.69, 9.17) is 14.5 Å². The van der Waals surface area contributed by atoms with Gasteiger partial charge in [0, 0.05) is 17.3 Å². The van der Waals surface area contributed by atoms with E-state index in [0.29, 0.717) is 30.6 Å². The Morgan fingerprint density at radius 1 is 1.11 bits per heavy atom. The quantitative estimate of drug-likeness (QED) is 0.521. The second-order valence-corrected chi connectivity index (χ2v) is 14.2. The minimum Gasteiger partial charge on any atom is -0.497 e. The maximum atomic E-state index is 13.2. The van der Waals surface area contributed by atoms with Gasteiger partial charge in [0.25, 0.3) is 0 Å². The molecular formula is C31H40O5. The van der Waals surface area contributed by atoms with Crippen molar-refractivity contribution in [3.8, 4) is 5.75 Å². The van der Waals surface area contributed by atoms with Gasteiger partial charge in [0.05, 0.1) is 19.3 Å². The van der Waals surface area contributed by atoms with Crippen molar-refractivity contribution in [2.75, 3.05) is 13.7 Å². The lowest BCUT2D eigenvalue weighted by Gasteiger charge is -2.70. The van der Waals surface area contributed by atoms with Crippen molar-refractivity contribution in [1.82, 2.24) is 0 Å². The Hall–Kier alpha value is -1.69. The van der Waals surface area contributed by atoms with Crippen LogP contribution in [0.5, 0.6) is 5.75 Å². The summed E-state index contributed by atoms with van der Waals surface area (Å²) in [6.07, 6.45) is 10.9. The summed E-state index contributed by atoms with van der Waals surface area (Å²) in [7, 11) is 1.72. The number of ketones is 1. The zero-order valence-corrected chi connectivity index (χ0v) is 22.1. The number of fused-ring (bicyclic) bond motifs is 4. The van der Waals surface area contributed by atoms with Crippen LogP contribution >= 0.6 is 0 Å². The summed E-state index contributed by atoms with van der Waals surface area (Å²) in [5.74, 6) is 2.49. The Balaban J connectivity index is 1.37. The average molecular weight is 493 g/mol. The molecule has 0 amide bonds. The molecule has 4 fully saturated rings. The Labute approximate surface area is 214 Å². The Morgan fingerprint density at radius 2 is 1.94 bits per heavy atom. The SMILES string of the molecule is COc1ccc2c(c1)C[C@]13CCC4(CC(C)(C)COO4)C[C@]1(O)CC[C@@H]1[C@@H]3[C@@H]2C[C@]2(C)C(=O)C=C[C@@H]12. The third-order valence-electron chi connectivity index (χ3n) is 11.6. The van der Waals surface area contributed by atoms with Crippen LogP contribution in [0.1, 0.15) is 82.8 Å². The minimum absolute atomic E-state index is 0.0348. The number of aliphatic hydroxyl groups is 1. The first kappa shape index (κ1) is 23.4. The van der Waals surface area contributed by atoms with Gasteiger partial charge in [-0.1, -0.05) is 32.9 Å². The van der Waals surface area contributed by atoms with E-state index < -0.39 is 11.2 Å². The normalized spacial score (nSPS) is 48.1. The minimum atomic E-state index is -0.817. The van der Waals surface area contributed by atoms with Crippen LogP contribution in [0.15, 0.2) is 30.4 Å². The maximum absolute atomic E-state index is 13.2. The monoisotopic (exact) mass is 492 g/mol. The lowest BCUT2D eigenvalue weighted by Crippen LogP contribution is -2.70. The van der Waals surface area contributed by atoms with E-state index in [1.807, 2.05) is 6.08 Å². The molecule has 36 heavy (non-hydrogen) atoms. The van der Waals surface area contributed by atoms with Gasteiger partial charge in [0.15, 0.2) is 5.78 Å². The van der Waals surface area contributed by atoms with E-state index in [-0.39, 0.29) is 28.1 Å². The summed E-state index contributed by atoms with van der Waals surface area (Å²) < 4.78 is 5.64. The molecule has 1 aliphatic heterocycles. The van der Waals surface area contributed by atoms with Crippen molar-refractivity contribution in [2.45, 2.75) is 89.3 Å². The highest BCUT2D eigenvalue weighted by atomic mass is 17.2. The molecule has 1 heterocycles. The van der Waals surface area contributed by atoms with E-state index in [0.717, 1.165) is 50.7 Å². The standard InChI is InChI=1S/C31H40O5/c1-27(2)16-29(36-35-18-27)11-12-30-14-19-13-20(34-4)5-6-21(19)23-15-28(3)24(7-8-25(28)32)22(26(23)30)9-10-31(30,33)17-29/h5-8,13,22-24,26,33H,9-12,14-18H2,1-4H3/t22-,23+,24-,26+,28-,29?,30-,31+/m0/s1. The lowest BCUT2D eigenvalue weighted by atomic mass is 9.36. The van der Waals surface area contributed by atoms with Crippen LogP contribution in [0.2, 0.25) is 0 Å². The largest absolute Gasteiger partial charge is 0.497 e. The number of carbonyl (C=O) groups is 1. The van der Waals surface area contributed by atoms with Crippen molar-refractivity contribution in [2.24, 2.45) is 34.0 Å². The zero-order chi connectivity index (χ0) is 25.1. The summed E-state index contributed by atoms with van der Waals surface area (Å²) in [5, 5.41) is 12.8. The summed E-state index contributed by atoms with van der Waals surface area (Å²) in [6.45, 7) is 7.28. The molecule has 0 radical (unpaired) electrons.